The van der Waals surface area contributed by atoms with Crippen LogP contribution >= 0.6 is 0 Å². The molecule has 0 radical (unpaired) electrons. The van der Waals surface area contributed by atoms with Crippen LogP contribution in [0.5, 0.6) is 0 Å². The van der Waals surface area contributed by atoms with Crippen molar-refractivity contribution in [3.8, 4) is 0 Å². The Hall–Kier alpha value is -2.80. The van der Waals surface area contributed by atoms with Gasteiger partial charge in [0.2, 0.25) is 0 Å². The van der Waals surface area contributed by atoms with Crippen molar-refractivity contribution in [2.24, 2.45) is 5.92 Å². The minimum atomic E-state index is -0.392. The molecule has 2 amide bonds. The molecule has 37 heavy (non-hydrogen) atoms. The topological polar surface area (TPSA) is 77.7 Å². The quantitative estimate of drug-likeness (QED) is 0.337. The molecule has 1 saturated heterocycles. The lowest BCUT2D eigenvalue weighted by molar-refractivity contribution is -0.146. The first-order valence-electron chi connectivity index (χ1n) is 14.0. The molecular formula is C30H44N4O3. The average Bonchev–Trinajstić information content (AvgIpc) is 3.52. The molecule has 2 fully saturated rings. The summed E-state index contributed by atoms with van der Waals surface area (Å²) in [6.07, 6.45) is 4.97. The minimum absolute atomic E-state index is 0.0164. The second-order valence-electron chi connectivity index (χ2n) is 11.1. The van der Waals surface area contributed by atoms with Crippen LogP contribution in [-0.4, -0.2) is 72.2 Å². The van der Waals surface area contributed by atoms with Crippen molar-refractivity contribution in [2.45, 2.75) is 77.4 Å². The molecule has 1 saturated carbocycles. The Morgan fingerprint density at radius 3 is 2.68 bits per heavy atom. The smallest absolute Gasteiger partial charge is 0.339 e. The average molecular weight is 509 g/mol. The fraction of sp³-hybridized carbons (Fsp3) is 0.600. The highest BCUT2D eigenvalue weighted by atomic mass is 16.5. The minimum Gasteiger partial charge on any atom is -0.459 e. The van der Waals surface area contributed by atoms with Gasteiger partial charge in [0.05, 0.1) is 11.3 Å². The van der Waals surface area contributed by atoms with Gasteiger partial charge in [0.25, 0.3) is 0 Å². The van der Waals surface area contributed by atoms with Crippen molar-refractivity contribution >= 4 is 28.5 Å². The maximum absolute atomic E-state index is 13.5. The number of nitrogens with zero attached hydrogens (tertiary/aromatic N) is 2. The maximum Gasteiger partial charge on any atom is 0.339 e. The van der Waals surface area contributed by atoms with Gasteiger partial charge in [-0.25, -0.2) is 9.59 Å². The first kappa shape index (κ1) is 27.2. The van der Waals surface area contributed by atoms with Gasteiger partial charge in [-0.05, 0) is 62.7 Å². The van der Waals surface area contributed by atoms with E-state index in [0.29, 0.717) is 18.7 Å². The molecule has 2 heterocycles. The number of H-pyrrole nitrogens is 1. The lowest BCUT2D eigenvalue weighted by Gasteiger charge is -2.45. The molecule has 2 N–H and O–H groups in total. The zero-order valence-corrected chi connectivity index (χ0v) is 23.2. The van der Waals surface area contributed by atoms with E-state index in [-0.39, 0.29) is 29.5 Å². The largest absolute Gasteiger partial charge is 0.459 e. The van der Waals surface area contributed by atoms with E-state index >= 15 is 0 Å². The van der Waals surface area contributed by atoms with Gasteiger partial charge < -0.3 is 24.8 Å². The van der Waals surface area contributed by atoms with Gasteiger partial charge in [0.1, 0.15) is 6.10 Å². The summed E-state index contributed by atoms with van der Waals surface area (Å²) in [4.78, 5) is 33.8. The van der Waals surface area contributed by atoms with Crippen LogP contribution in [0.15, 0.2) is 30.8 Å². The third kappa shape index (κ3) is 5.57. The number of aromatic amines is 1. The van der Waals surface area contributed by atoms with Gasteiger partial charge in [-0.15, -0.1) is 0 Å². The van der Waals surface area contributed by atoms with Gasteiger partial charge in [-0.3, -0.25) is 0 Å². The maximum atomic E-state index is 13.5. The lowest BCUT2D eigenvalue weighted by Crippen LogP contribution is -2.57. The Bertz CT molecular complexity index is 1140. The number of hydrogen-bond donors (Lipinski definition) is 2. The number of nitrogens with one attached hydrogen (secondary N) is 2. The van der Waals surface area contributed by atoms with Crippen LogP contribution in [0.1, 0.15) is 71.1 Å². The standard InChI is InChI=1S/C30H44N4O3/c1-7-9-17-33(8-2)25-14-18-34(29(36)31-6)19-23(25)21(4)37-28(35)20(3)27-26(30(5)15-16-30)22-12-10-11-13-24(22)32-27/h10-13,21,23,25,32H,3,7-9,14-19H2,1-2,4-6H3,(H,31,36). The van der Waals surface area contributed by atoms with Crippen LogP contribution in [0.25, 0.3) is 16.5 Å². The zero-order chi connectivity index (χ0) is 26.7. The van der Waals surface area contributed by atoms with Gasteiger partial charge in [0, 0.05) is 43.0 Å². The van der Waals surface area contributed by atoms with Crippen molar-refractivity contribution in [1.29, 1.82) is 0 Å². The van der Waals surface area contributed by atoms with E-state index < -0.39 is 5.97 Å². The number of amides is 2. The molecule has 0 spiro atoms. The summed E-state index contributed by atoms with van der Waals surface area (Å²) < 4.78 is 6.14. The summed E-state index contributed by atoms with van der Waals surface area (Å²) in [7, 11) is 1.66. The second kappa shape index (κ2) is 11.3. The number of piperidine rings is 1. The van der Waals surface area contributed by atoms with Crippen LogP contribution < -0.4 is 5.32 Å². The van der Waals surface area contributed by atoms with Crippen LogP contribution in [0, 0.1) is 5.92 Å². The predicted molar refractivity (Wildman–Crippen MR) is 150 cm³/mol. The summed E-state index contributed by atoms with van der Waals surface area (Å²) in [5, 5.41) is 3.91. The fourth-order valence-electron chi connectivity index (χ4n) is 6.01. The third-order valence-electron chi connectivity index (χ3n) is 8.55. The van der Waals surface area contributed by atoms with Crippen molar-refractivity contribution < 1.29 is 14.3 Å². The molecule has 1 aromatic carbocycles. The number of fused-ring (bicyclic) bond motifs is 1. The number of hydrogen-bond acceptors (Lipinski definition) is 4. The Balaban J connectivity index is 1.56. The van der Waals surface area contributed by atoms with Crippen LogP contribution in [0.2, 0.25) is 0 Å². The monoisotopic (exact) mass is 508 g/mol. The summed E-state index contributed by atoms with van der Waals surface area (Å²) in [6, 6.07) is 8.38. The number of carbonyl (C=O) groups is 2. The van der Waals surface area contributed by atoms with E-state index in [1.807, 2.05) is 30.0 Å². The summed E-state index contributed by atoms with van der Waals surface area (Å²) in [5.74, 6) is -0.375. The Morgan fingerprint density at radius 1 is 1.30 bits per heavy atom. The van der Waals surface area contributed by atoms with E-state index in [2.05, 4.69) is 48.6 Å². The van der Waals surface area contributed by atoms with Crippen molar-refractivity contribution in [1.82, 2.24) is 20.1 Å². The van der Waals surface area contributed by atoms with E-state index in [0.717, 1.165) is 61.8 Å². The molecule has 2 aliphatic rings. The molecule has 7 nitrogen and oxygen atoms in total. The van der Waals surface area contributed by atoms with E-state index in [4.69, 9.17) is 4.74 Å². The number of benzene rings is 1. The van der Waals surface area contributed by atoms with Gasteiger partial charge in [-0.2, -0.15) is 0 Å². The second-order valence-corrected chi connectivity index (χ2v) is 11.1. The highest BCUT2D eigenvalue weighted by molar-refractivity contribution is 6.17. The molecule has 3 unspecified atom stereocenters. The van der Waals surface area contributed by atoms with Crippen LogP contribution in [0.4, 0.5) is 4.79 Å². The number of rotatable bonds is 10. The Kier molecular flexibility index (Phi) is 8.32. The van der Waals surface area contributed by atoms with Crippen LogP contribution in [0.3, 0.4) is 0 Å². The molecule has 2 aromatic rings. The molecule has 7 heteroatoms. The number of carbonyl (C=O) groups excluding carboxylic acids is 2. The molecule has 1 aliphatic heterocycles. The fourth-order valence-corrected chi connectivity index (χ4v) is 6.01. The number of likely N-dealkylation sites (tertiary alicyclic amines) is 1. The number of urea groups is 1. The lowest BCUT2D eigenvalue weighted by atomic mass is 9.86. The number of para-hydroxylation sites is 1. The first-order valence-corrected chi connectivity index (χ1v) is 14.0. The summed E-state index contributed by atoms with van der Waals surface area (Å²) >= 11 is 0. The SMILES string of the molecule is C=C(C(=O)OC(C)C1CN(C(=O)NC)CCC1N(CC)CCCC)c1[nH]c2ccccc2c1C1(C)CC1. The normalized spacial score (nSPS) is 21.6. The summed E-state index contributed by atoms with van der Waals surface area (Å²) in [5.41, 5.74) is 3.43. The van der Waals surface area contributed by atoms with Crippen molar-refractivity contribution in [3.63, 3.8) is 0 Å². The molecular weight excluding hydrogens is 464 g/mol. The van der Waals surface area contributed by atoms with Gasteiger partial charge >= 0.3 is 12.0 Å². The van der Waals surface area contributed by atoms with E-state index in [1.165, 1.54) is 5.56 Å². The number of esters is 1. The third-order valence-corrected chi connectivity index (χ3v) is 8.55. The van der Waals surface area contributed by atoms with E-state index in [1.54, 1.807) is 7.05 Å². The summed E-state index contributed by atoms with van der Waals surface area (Å²) in [6.45, 7) is 16.0. The number of aromatic nitrogens is 1. The molecule has 4 rings (SSSR count). The predicted octanol–water partition coefficient (Wildman–Crippen LogP) is 5.32. The Morgan fingerprint density at radius 2 is 2.03 bits per heavy atom. The molecule has 0 bridgehead atoms. The van der Waals surface area contributed by atoms with Gasteiger partial charge in [0.15, 0.2) is 0 Å². The molecule has 202 valence electrons. The molecule has 3 atom stereocenters. The van der Waals surface area contributed by atoms with E-state index in [9.17, 15) is 9.59 Å². The molecule has 1 aliphatic carbocycles. The van der Waals surface area contributed by atoms with Crippen LogP contribution in [-0.2, 0) is 14.9 Å². The molecule has 1 aromatic heterocycles. The highest BCUT2D eigenvalue weighted by Gasteiger charge is 2.44. The number of ether oxygens (including phenoxy) is 1. The first-order chi connectivity index (χ1) is 17.7. The van der Waals surface area contributed by atoms with Crippen molar-refractivity contribution in [2.75, 3.05) is 33.2 Å². The zero-order valence-electron chi connectivity index (χ0n) is 23.2. The van der Waals surface area contributed by atoms with Crippen molar-refractivity contribution in [3.05, 3.63) is 42.1 Å². The highest BCUT2D eigenvalue weighted by Crippen LogP contribution is 2.52. The Labute approximate surface area is 221 Å². The number of unbranched alkanes of at least 4 members (excludes halogenated alkanes) is 1. The van der Waals surface area contributed by atoms with Gasteiger partial charge in [-0.1, -0.05) is 52.0 Å².